The van der Waals surface area contributed by atoms with Gasteiger partial charge in [0.25, 0.3) is 0 Å². The predicted molar refractivity (Wildman–Crippen MR) is 69.6 cm³/mol. The van der Waals surface area contributed by atoms with E-state index in [1.165, 1.54) is 23.1 Å². The van der Waals surface area contributed by atoms with Crippen LogP contribution in [0.4, 0.5) is 11.4 Å². The molecule has 106 valence electrons. The fourth-order valence-electron chi connectivity index (χ4n) is 2.48. The zero-order valence-corrected chi connectivity index (χ0v) is 10.5. The minimum absolute atomic E-state index is 0.121. The Hall–Kier alpha value is -2.64. The number of anilines is 1. The third-order valence-electron chi connectivity index (χ3n) is 3.32. The van der Waals surface area contributed by atoms with Gasteiger partial charge in [-0.05, 0) is 25.0 Å². The lowest BCUT2D eigenvalue weighted by Gasteiger charge is -2.24. The third-order valence-corrected chi connectivity index (χ3v) is 3.32. The standard InChI is InChI=1S/C12H13N3O5/c13-11(16)9-5-2-6-14(9)8-4-1-3-7(12(17)18)10(8)15(19)20/h1,3-4,9H,2,5-6H2,(H2,13,16)(H,17,18). The predicted octanol–water partition coefficient (Wildman–Crippen LogP) is 0.747. The van der Waals surface area contributed by atoms with E-state index in [0.717, 1.165) is 0 Å². The summed E-state index contributed by atoms with van der Waals surface area (Å²) in [5.41, 5.74) is 4.50. The average molecular weight is 279 g/mol. The molecular weight excluding hydrogens is 266 g/mol. The van der Waals surface area contributed by atoms with Gasteiger partial charge in [-0.1, -0.05) is 6.07 Å². The van der Waals surface area contributed by atoms with E-state index in [0.29, 0.717) is 19.4 Å². The topological polar surface area (TPSA) is 127 Å². The second kappa shape index (κ2) is 5.16. The van der Waals surface area contributed by atoms with Crippen molar-refractivity contribution in [3.63, 3.8) is 0 Å². The van der Waals surface area contributed by atoms with Gasteiger partial charge in [0.05, 0.1) is 4.92 Å². The smallest absolute Gasteiger partial charge is 0.342 e. The van der Waals surface area contributed by atoms with Crippen LogP contribution in [0.2, 0.25) is 0 Å². The molecule has 1 amide bonds. The zero-order valence-electron chi connectivity index (χ0n) is 10.5. The van der Waals surface area contributed by atoms with Crippen LogP contribution >= 0.6 is 0 Å². The highest BCUT2D eigenvalue weighted by Gasteiger charge is 2.35. The maximum absolute atomic E-state index is 11.4. The van der Waals surface area contributed by atoms with Crippen LogP contribution in [0.5, 0.6) is 0 Å². The molecule has 0 saturated carbocycles. The molecule has 1 aliphatic rings. The van der Waals surface area contributed by atoms with Gasteiger partial charge in [-0.25, -0.2) is 4.79 Å². The maximum atomic E-state index is 11.4. The number of hydrogen-bond acceptors (Lipinski definition) is 5. The van der Waals surface area contributed by atoms with Gasteiger partial charge in [0.15, 0.2) is 0 Å². The zero-order chi connectivity index (χ0) is 14.9. The fourth-order valence-corrected chi connectivity index (χ4v) is 2.48. The highest BCUT2D eigenvalue weighted by molar-refractivity contribution is 5.96. The molecule has 1 aromatic carbocycles. The largest absolute Gasteiger partial charge is 0.477 e. The number of nitrogens with zero attached hydrogens (tertiary/aromatic N) is 2. The Morgan fingerprint density at radius 1 is 1.45 bits per heavy atom. The molecule has 0 radical (unpaired) electrons. The molecule has 1 fully saturated rings. The highest BCUT2D eigenvalue weighted by atomic mass is 16.6. The van der Waals surface area contributed by atoms with Crippen molar-refractivity contribution in [3.8, 4) is 0 Å². The van der Waals surface area contributed by atoms with Gasteiger partial charge in [0, 0.05) is 6.54 Å². The van der Waals surface area contributed by atoms with Crippen LogP contribution in [-0.4, -0.2) is 34.5 Å². The number of carboxylic acid groups (broad SMARTS) is 1. The van der Waals surface area contributed by atoms with Crippen LogP contribution in [0.25, 0.3) is 0 Å². The Kier molecular flexibility index (Phi) is 3.55. The maximum Gasteiger partial charge on any atom is 0.342 e. The van der Waals surface area contributed by atoms with Gasteiger partial charge in [-0.2, -0.15) is 0 Å². The first-order chi connectivity index (χ1) is 9.43. The van der Waals surface area contributed by atoms with Crippen molar-refractivity contribution in [3.05, 3.63) is 33.9 Å². The molecule has 0 bridgehead atoms. The number of carboxylic acids is 1. The second-order valence-corrected chi connectivity index (χ2v) is 4.49. The molecule has 1 aliphatic heterocycles. The van der Waals surface area contributed by atoms with E-state index in [2.05, 4.69) is 0 Å². The van der Waals surface area contributed by atoms with Crippen LogP contribution in [0.15, 0.2) is 18.2 Å². The lowest BCUT2D eigenvalue weighted by Crippen LogP contribution is -2.40. The summed E-state index contributed by atoms with van der Waals surface area (Å²) in [6, 6.07) is 3.38. The minimum atomic E-state index is -1.38. The van der Waals surface area contributed by atoms with Crippen molar-refractivity contribution < 1.29 is 19.6 Å². The van der Waals surface area contributed by atoms with Crippen molar-refractivity contribution in [1.82, 2.24) is 0 Å². The van der Waals surface area contributed by atoms with E-state index in [1.54, 1.807) is 0 Å². The van der Waals surface area contributed by atoms with Gasteiger partial charge in [0.1, 0.15) is 17.3 Å². The molecule has 2 rings (SSSR count). The molecule has 1 aromatic rings. The number of aromatic carboxylic acids is 1. The van der Waals surface area contributed by atoms with Crippen molar-refractivity contribution in [2.24, 2.45) is 5.73 Å². The number of hydrogen-bond donors (Lipinski definition) is 2. The molecule has 1 saturated heterocycles. The summed E-state index contributed by atoms with van der Waals surface area (Å²) >= 11 is 0. The van der Waals surface area contributed by atoms with E-state index in [9.17, 15) is 19.7 Å². The molecule has 3 N–H and O–H groups in total. The third kappa shape index (κ3) is 2.27. The van der Waals surface area contributed by atoms with Gasteiger partial charge in [0.2, 0.25) is 5.91 Å². The quantitative estimate of drug-likeness (QED) is 0.618. The summed E-state index contributed by atoms with van der Waals surface area (Å²) in [4.78, 5) is 34.4. The summed E-state index contributed by atoms with van der Waals surface area (Å²) in [5, 5.41) is 20.2. The lowest BCUT2D eigenvalue weighted by atomic mass is 10.1. The Morgan fingerprint density at radius 3 is 2.70 bits per heavy atom. The molecule has 1 unspecified atom stereocenters. The average Bonchev–Trinajstić information content (AvgIpc) is 2.86. The van der Waals surface area contributed by atoms with Crippen LogP contribution in [0.1, 0.15) is 23.2 Å². The Bertz CT molecular complexity index is 586. The summed E-state index contributed by atoms with van der Waals surface area (Å²) < 4.78 is 0. The van der Waals surface area contributed by atoms with Crippen LogP contribution in [0.3, 0.4) is 0 Å². The van der Waals surface area contributed by atoms with Crippen molar-refractivity contribution in [1.29, 1.82) is 0 Å². The first kappa shape index (κ1) is 13.8. The van der Waals surface area contributed by atoms with Gasteiger partial charge < -0.3 is 15.7 Å². The number of para-hydroxylation sites is 1. The number of nitro groups is 1. The molecule has 1 atom stereocenters. The number of carbonyl (C=O) groups is 2. The number of nitrogens with two attached hydrogens (primary N) is 1. The fraction of sp³-hybridized carbons (Fsp3) is 0.333. The monoisotopic (exact) mass is 279 g/mol. The molecule has 0 aromatic heterocycles. The molecule has 0 spiro atoms. The number of primary amides is 1. The molecule has 1 heterocycles. The van der Waals surface area contributed by atoms with Crippen LogP contribution < -0.4 is 10.6 Å². The SMILES string of the molecule is NC(=O)C1CCCN1c1cccc(C(=O)O)c1[N+](=O)[O-]. The Morgan fingerprint density at radius 2 is 2.15 bits per heavy atom. The van der Waals surface area contributed by atoms with Gasteiger partial charge in [-0.15, -0.1) is 0 Å². The lowest BCUT2D eigenvalue weighted by molar-refractivity contribution is -0.384. The number of nitro benzene ring substituents is 1. The summed E-state index contributed by atoms with van der Waals surface area (Å²) in [6.07, 6.45) is 1.17. The Balaban J connectivity index is 2.56. The van der Waals surface area contributed by atoms with Gasteiger partial charge in [-0.3, -0.25) is 14.9 Å². The first-order valence-electron chi connectivity index (χ1n) is 6.00. The van der Waals surface area contributed by atoms with E-state index < -0.39 is 34.1 Å². The van der Waals surface area contributed by atoms with Crippen molar-refractivity contribution in [2.75, 3.05) is 11.4 Å². The van der Waals surface area contributed by atoms with E-state index in [-0.39, 0.29) is 5.69 Å². The molecular formula is C12H13N3O5. The van der Waals surface area contributed by atoms with E-state index in [1.807, 2.05) is 0 Å². The summed E-state index contributed by atoms with van der Waals surface area (Å²) in [6.45, 7) is 0.428. The Labute approximate surface area is 113 Å². The first-order valence-corrected chi connectivity index (χ1v) is 6.00. The van der Waals surface area contributed by atoms with E-state index in [4.69, 9.17) is 10.8 Å². The van der Waals surface area contributed by atoms with Crippen LogP contribution in [0, 0.1) is 10.1 Å². The molecule has 20 heavy (non-hydrogen) atoms. The summed E-state index contributed by atoms with van der Waals surface area (Å²) in [5.74, 6) is -1.95. The number of carbonyl (C=O) groups excluding carboxylic acids is 1. The number of rotatable bonds is 4. The number of amides is 1. The van der Waals surface area contributed by atoms with Crippen LogP contribution in [-0.2, 0) is 4.79 Å². The highest BCUT2D eigenvalue weighted by Crippen LogP contribution is 2.36. The van der Waals surface area contributed by atoms with E-state index >= 15 is 0 Å². The number of benzene rings is 1. The minimum Gasteiger partial charge on any atom is -0.477 e. The van der Waals surface area contributed by atoms with Gasteiger partial charge >= 0.3 is 11.7 Å². The second-order valence-electron chi connectivity index (χ2n) is 4.49. The van der Waals surface area contributed by atoms with Crippen molar-refractivity contribution in [2.45, 2.75) is 18.9 Å². The normalized spacial score (nSPS) is 18.0. The molecule has 8 nitrogen and oxygen atoms in total. The summed E-state index contributed by atoms with van der Waals surface area (Å²) in [7, 11) is 0. The molecule has 8 heteroatoms. The van der Waals surface area contributed by atoms with Crippen molar-refractivity contribution >= 4 is 23.3 Å². The molecule has 0 aliphatic carbocycles.